The lowest BCUT2D eigenvalue weighted by Gasteiger charge is -2.35. The average Bonchev–Trinajstić information content (AvgIpc) is 2.70. The molecule has 1 amide bonds. The maximum Gasteiger partial charge on any atom is 0.231 e. The third-order valence-corrected chi connectivity index (χ3v) is 5.40. The number of aryl methyl sites for hydroxylation is 1. The molecule has 27 heavy (non-hydrogen) atoms. The van der Waals surface area contributed by atoms with Gasteiger partial charge in [-0.2, -0.15) is 0 Å². The van der Waals surface area contributed by atoms with E-state index in [1.807, 2.05) is 30.0 Å². The van der Waals surface area contributed by atoms with Crippen molar-refractivity contribution in [2.75, 3.05) is 4.90 Å². The van der Waals surface area contributed by atoms with Crippen molar-refractivity contribution < 1.29 is 15.0 Å². The van der Waals surface area contributed by atoms with Crippen LogP contribution in [0.2, 0.25) is 0 Å². The van der Waals surface area contributed by atoms with E-state index in [-0.39, 0.29) is 29.4 Å². The van der Waals surface area contributed by atoms with Crippen LogP contribution in [0, 0.1) is 5.92 Å². The molecule has 1 aromatic carbocycles. The number of phenolic OH excluding ortho intramolecular Hbond substituents is 2. The van der Waals surface area contributed by atoms with Crippen LogP contribution in [0.5, 0.6) is 11.5 Å². The van der Waals surface area contributed by atoms with Crippen LogP contribution >= 0.6 is 0 Å². The number of carbonyl (C=O) groups is 1. The lowest BCUT2D eigenvalue weighted by atomic mass is 9.92. The molecule has 0 saturated heterocycles. The molecule has 2 N–H and O–H groups in total. The molecule has 0 spiro atoms. The van der Waals surface area contributed by atoms with E-state index in [9.17, 15) is 15.0 Å². The summed E-state index contributed by atoms with van der Waals surface area (Å²) in [5.74, 6) is 0.460. The summed E-state index contributed by atoms with van der Waals surface area (Å²) in [6, 6.07) is 10.8. The Hall–Kier alpha value is -2.56. The second kappa shape index (κ2) is 8.89. The quantitative estimate of drug-likeness (QED) is 0.740. The number of amides is 1. The van der Waals surface area contributed by atoms with Crippen LogP contribution in [0.15, 0.2) is 42.6 Å². The van der Waals surface area contributed by atoms with Gasteiger partial charge in [0, 0.05) is 18.2 Å². The van der Waals surface area contributed by atoms with Gasteiger partial charge >= 0.3 is 0 Å². The van der Waals surface area contributed by atoms with E-state index in [2.05, 4.69) is 4.98 Å². The predicted octanol–water partition coefficient (Wildman–Crippen LogP) is 4.43. The van der Waals surface area contributed by atoms with Gasteiger partial charge in [-0.25, -0.2) is 4.98 Å². The molecule has 1 saturated carbocycles. The first-order valence-electron chi connectivity index (χ1n) is 9.81. The summed E-state index contributed by atoms with van der Waals surface area (Å²) < 4.78 is 0. The lowest BCUT2D eigenvalue weighted by Crippen LogP contribution is -2.44. The number of rotatable bonds is 6. The van der Waals surface area contributed by atoms with E-state index in [0.29, 0.717) is 12.8 Å². The van der Waals surface area contributed by atoms with Gasteiger partial charge in [0.05, 0.1) is 0 Å². The highest BCUT2D eigenvalue weighted by atomic mass is 16.3. The van der Waals surface area contributed by atoms with Crippen molar-refractivity contribution in [3.63, 3.8) is 0 Å². The van der Waals surface area contributed by atoms with Gasteiger partial charge in [-0.15, -0.1) is 0 Å². The molecular formula is C22H28N2O3. The Kier molecular flexibility index (Phi) is 6.32. The normalized spacial score (nSPS) is 16.0. The standard InChI is InChI=1S/C22H28N2O3/c1-16(10-11-17-12-13-19(25)20(26)15-17)22(27)24(18-7-3-2-4-8-18)21-9-5-6-14-23-21/h5-6,9,12-16,18,25-26H,2-4,7-8,10-11H2,1H3. The Labute approximate surface area is 160 Å². The third-order valence-electron chi connectivity index (χ3n) is 5.40. The van der Waals surface area contributed by atoms with E-state index in [0.717, 1.165) is 37.1 Å². The molecule has 3 rings (SSSR count). The Morgan fingerprint density at radius 1 is 1.15 bits per heavy atom. The Morgan fingerprint density at radius 2 is 1.93 bits per heavy atom. The van der Waals surface area contributed by atoms with Crippen molar-refractivity contribution >= 4 is 11.7 Å². The molecule has 1 aromatic heterocycles. The molecule has 5 nitrogen and oxygen atoms in total. The molecular weight excluding hydrogens is 340 g/mol. The molecule has 1 aliphatic carbocycles. The van der Waals surface area contributed by atoms with Crippen LogP contribution < -0.4 is 4.90 Å². The van der Waals surface area contributed by atoms with Crippen molar-refractivity contribution in [3.8, 4) is 11.5 Å². The van der Waals surface area contributed by atoms with Crippen LogP contribution in [0.4, 0.5) is 5.82 Å². The summed E-state index contributed by atoms with van der Waals surface area (Å²) in [6.07, 6.45) is 8.69. The minimum Gasteiger partial charge on any atom is -0.504 e. The molecule has 5 heteroatoms. The van der Waals surface area contributed by atoms with Crippen LogP contribution in [-0.4, -0.2) is 27.1 Å². The Morgan fingerprint density at radius 3 is 2.59 bits per heavy atom. The van der Waals surface area contributed by atoms with E-state index >= 15 is 0 Å². The number of aromatic nitrogens is 1. The molecule has 0 radical (unpaired) electrons. The minimum absolute atomic E-state index is 0.114. The Balaban J connectivity index is 1.71. The van der Waals surface area contributed by atoms with Gasteiger partial charge in [-0.05, 0) is 55.5 Å². The smallest absolute Gasteiger partial charge is 0.231 e. The summed E-state index contributed by atoms with van der Waals surface area (Å²) in [5.41, 5.74) is 0.909. The van der Waals surface area contributed by atoms with Crippen molar-refractivity contribution in [1.82, 2.24) is 4.98 Å². The maximum atomic E-state index is 13.3. The molecule has 2 aromatic rings. The third kappa shape index (κ3) is 4.79. The largest absolute Gasteiger partial charge is 0.504 e. The molecule has 1 atom stereocenters. The van der Waals surface area contributed by atoms with Gasteiger partial charge < -0.3 is 10.2 Å². The molecule has 0 aliphatic heterocycles. The highest BCUT2D eigenvalue weighted by molar-refractivity contribution is 5.94. The average molecular weight is 368 g/mol. The number of hydrogen-bond acceptors (Lipinski definition) is 4. The minimum atomic E-state index is -0.148. The van der Waals surface area contributed by atoms with Gasteiger partial charge in [0.1, 0.15) is 5.82 Å². The van der Waals surface area contributed by atoms with Crippen molar-refractivity contribution in [3.05, 3.63) is 48.2 Å². The van der Waals surface area contributed by atoms with Crippen molar-refractivity contribution in [2.24, 2.45) is 5.92 Å². The zero-order valence-electron chi connectivity index (χ0n) is 15.8. The fourth-order valence-electron chi connectivity index (χ4n) is 3.78. The predicted molar refractivity (Wildman–Crippen MR) is 106 cm³/mol. The fourth-order valence-corrected chi connectivity index (χ4v) is 3.78. The number of benzene rings is 1. The topological polar surface area (TPSA) is 73.7 Å². The van der Waals surface area contributed by atoms with Gasteiger partial charge in [-0.3, -0.25) is 9.69 Å². The van der Waals surface area contributed by atoms with E-state index in [4.69, 9.17) is 0 Å². The van der Waals surface area contributed by atoms with E-state index in [1.165, 1.54) is 12.5 Å². The zero-order chi connectivity index (χ0) is 19.2. The molecule has 0 bridgehead atoms. The fraction of sp³-hybridized carbons (Fsp3) is 0.455. The number of anilines is 1. The first kappa shape index (κ1) is 19.2. The van der Waals surface area contributed by atoms with Crippen LogP contribution in [0.1, 0.15) is 51.0 Å². The summed E-state index contributed by atoms with van der Waals surface area (Å²) >= 11 is 0. The van der Waals surface area contributed by atoms with Gasteiger partial charge in [0.15, 0.2) is 11.5 Å². The number of aromatic hydroxyl groups is 2. The highest BCUT2D eigenvalue weighted by Gasteiger charge is 2.30. The highest BCUT2D eigenvalue weighted by Crippen LogP contribution is 2.29. The molecule has 1 aliphatic rings. The number of pyridine rings is 1. The van der Waals surface area contributed by atoms with Gasteiger partial charge in [-0.1, -0.05) is 38.3 Å². The Bertz CT molecular complexity index is 757. The van der Waals surface area contributed by atoms with Crippen LogP contribution in [0.3, 0.4) is 0 Å². The van der Waals surface area contributed by atoms with Crippen LogP contribution in [-0.2, 0) is 11.2 Å². The first-order chi connectivity index (χ1) is 13.1. The molecule has 144 valence electrons. The zero-order valence-corrected chi connectivity index (χ0v) is 15.8. The van der Waals surface area contributed by atoms with E-state index < -0.39 is 0 Å². The van der Waals surface area contributed by atoms with Gasteiger partial charge in [0.25, 0.3) is 0 Å². The molecule has 1 unspecified atom stereocenters. The first-order valence-corrected chi connectivity index (χ1v) is 9.81. The number of hydrogen-bond donors (Lipinski definition) is 2. The number of nitrogens with zero attached hydrogens (tertiary/aromatic N) is 2. The molecule has 1 fully saturated rings. The summed E-state index contributed by atoms with van der Waals surface area (Å²) in [7, 11) is 0. The number of phenols is 2. The lowest BCUT2D eigenvalue weighted by molar-refractivity contribution is -0.122. The monoisotopic (exact) mass is 368 g/mol. The second-order valence-electron chi connectivity index (χ2n) is 7.45. The number of carbonyl (C=O) groups excluding carboxylic acids is 1. The summed E-state index contributed by atoms with van der Waals surface area (Å²) in [5, 5.41) is 19.1. The van der Waals surface area contributed by atoms with Crippen molar-refractivity contribution in [1.29, 1.82) is 0 Å². The second-order valence-corrected chi connectivity index (χ2v) is 7.45. The van der Waals surface area contributed by atoms with E-state index in [1.54, 1.807) is 18.3 Å². The van der Waals surface area contributed by atoms with Crippen molar-refractivity contribution in [2.45, 2.75) is 57.9 Å². The summed E-state index contributed by atoms with van der Waals surface area (Å²) in [4.78, 5) is 19.6. The summed E-state index contributed by atoms with van der Waals surface area (Å²) in [6.45, 7) is 1.96. The maximum absolute atomic E-state index is 13.3. The molecule has 1 heterocycles. The SMILES string of the molecule is CC(CCc1ccc(O)c(O)c1)C(=O)N(c1ccccn1)C1CCCCC1. The van der Waals surface area contributed by atoms with Crippen LogP contribution in [0.25, 0.3) is 0 Å². The van der Waals surface area contributed by atoms with Gasteiger partial charge in [0.2, 0.25) is 5.91 Å².